The molecule has 2 saturated heterocycles. The summed E-state index contributed by atoms with van der Waals surface area (Å²) in [5.74, 6) is -1.73. The van der Waals surface area contributed by atoms with Crippen LogP contribution >= 0.6 is 11.3 Å². The number of aliphatic carboxylic acids is 1. The van der Waals surface area contributed by atoms with Crippen LogP contribution in [0.5, 0.6) is 0 Å². The summed E-state index contributed by atoms with van der Waals surface area (Å²) in [5, 5.41) is 18.8. The van der Waals surface area contributed by atoms with Crippen LogP contribution in [0.4, 0.5) is 0 Å². The summed E-state index contributed by atoms with van der Waals surface area (Å²) in [5.41, 5.74) is 0.744. The number of carboxylic acids is 1. The summed E-state index contributed by atoms with van der Waals surface area (Å²) < 4.78 is 4.72. The van der Waals surface area contributed by atoms with Gasteiger partial charge in [0, 0.05) is 25.6 Å². The number of hydrogen-bond donors (Lipinski definition) is 4. The average molecular weight is 496 g/mol. The molecular formula is C23H37N5O5S. The van der Waals surface area contributed by atoms with Crippen molar-refractivity contribution < 1.29 is 24.2 Å². The van der Waals surface area contributed by atoms with Crippen LogP contribution in [0, 0.1) is 0 Å². The third-order valence-corrected chi connectivity index (χ3v) is 7.73. The Morgan fingerprint density at radius 3 is 2.47 bits per heavy atom. The van der Waals surface area contributed by atoms with Crippen molar-refractivity contribution in [3.63, 3.8) is 0 Å². The summed E-state index contributed by atoms with van der Waals surface area (Å²) in [4.78, 5) is 44.1. The molecule has 1 aromatic heterocycles. The highest BCUT2D eigenvalue weighted by Crippen LogP contribution is 2.35. The Balaban J connectivity index is 1.62. The first-order chi connectivity index (χ1) is 16.3. The molecule has 2 amide bonds. The smallest absolute Gasteiger partial charge is 0.328 e. The van der Waals surface area contributed by atoms with E-state index in [1.165, 1.54) is 31.3 Å². The summed E-state index contributed by atoms with van der Waals surface area (Å²) in [6, 6.07) is -0.571. The summed E-state index contributed by atoms with van der Waals surface area (Å²) in [7, 11) is 1.35. The summed E-state index contributed by atoms with van der Waals surface area (Å²) in [6.45, 7) is 7.82. The maximum atomic E-state index is 13.0. The third kappa shape index (κ3) is 6.97. The molecular weight excluding hydrogens is 458 g/mol. The van der Waals surface area contributed by atoms with Crippen LogP contribution in [0.25, 0.3) is 0 Å². The van der Waals surface area contributed by atoms with Crippen LogP contribution in [0.15, 0.2) is 0 Å². The maximum absolute atomic E-state index is 13.0. The Morgan fingerprint density at radius 2 is 1.88 bits per heavy atom. The molecule has 1 unspecified atom stereocenters. The van der Waals surface area contributed by atoms with E-state index in [0.29, 0.717) is 16.8 Å². The Hall–Kier alpha value is -2.08. The minimum Gasteiger partial charge on any atom is -0.480 e. The minimum absolute atomic E-state index is 0.0669. The number of rotatable bonds is 10. The Kier molecular flexibility index (Phi) is 9.81. The zero-order valence-electron chi connectivity index (χ0n) is 20.3. The minimum atomic E-state index is -1.24. The van der Waals surface area contributed by atoms with Gasteiger partial charge in [0.1, 0.15) is 17.5 Å². The van der Waals surface area contributed by atoms with E-state index in [1.54, 1.807) is 0 Å². The zero-order valence-corrected chi connectivity index (χ0v) is 21.1. The molecule has 190 valence electrons. The van der Waals surface area contributed by atoms with Crippen molar-refractivity contribution in [3.05, 3.63) is 15.6 Å². The van der Waals surface area contributed by atoms with Gasteiger partial charge in [-0.15, -0.1) is 11.3 Å². The second-order valence-corrected chi connectivity index (χ2v) is 10.3. The van der Waals surface area contributed by atoms with Gasteiger partial charge in [-0.2, -0.15) is 0 Å². The molecule has 34 heavy (non-hydrogen) atoms. The predicted octanol–water partition coefficient (Wildman–Crippen LogP) is 1.14. The number of methoxy groups -OCH3 is 1. The number of hydrogen-bond acceptors (Lipinski definition) is 8. The molecule has 2 aliphatic heterocycles. The third-order valence-electron chi connectivity index (χ3n) is 6.50. The van der Waals surface area contributed by atoms with Gasteiger partial charge in [0.15, 0.2) is 0 Å². The number of piperidine rings is 2. The van der Waals surface area contributed by atoms with Gasteiger partial charge in [-0.25, -0.2) is 9.78 Å². The lowest BCUT2D eigenvalue weighted by Gasteiger charge is -2.39. The fourth-order valence-electron chi connectivity index (χ4n) is 4.60. The van der Waals surface area contributed by atoms with E-state index in [2.05, 4.69) is 20.9 Å². The van der Waals surface area contributed by atoms with Gasteiger partial charge in [-0.1, -0.05) is 13.8 Å². The monoisotopic (exact) mass is 495 g/mol. The van der Waals surface area contributed by atoms with E-state index in [-0.39, 0.29) is 25.0 Å². The van der Waals surface area contributed by atoms with Crippen molar-refractivity contribution in [3.8, 4) is 0 Å². The number of ether oxygens (including phenoxy) is 1. The van der Waals surface area contributed by atoms with Crippen molar-refractivity contribution in [2.75, 3.05) is 46.4 Å². The number of likely N-dealkylation sites (tertiary alicyclic amines) is 1. The fraction of sp³-hybridized carbons (Fsp3) is 0.739. The molecule has 3 rings (SSSR count). The lowest BCUT2D eigenvalue weighted by atomic mass is 9.94. The number of carbonyl (C=O) groups is 3. The first-order valence-corrected chi connectivity index (χ1v) is 12.9. The van der Waals surface area contributed by atoms with E-state index in [0.717, 1.165) is 49.7 Å². The van der Waals surface area contributed by atoms with E-state index in [4.69, 9.17) is 9.72 Å². The zero-order chi connectivity index (χ0) is 24.7. The molecule has 2 fully saturated rings. The van der Waals surface area contributed by atoms with E-state index in [1.807, 2.05) is 13.8 Å². The molecule has 0 radical (unpaired) electrons. The second-order valence-electron chi connectivity index (χ2n) is 9.31. The molecule has 1 atom stereocenters. The van der Waals surface area contributed by atoms with Gasteiger partial charge in [-0.3, -0.25) is 9.59 Å². The highest BCUT2D eigenvalue weighted by atomic mass is 32.1. The maximum Gasteiger partial charge on any atom is 0.328 e. The molecule has 0 aliphatic carbocycles. The van der Waals surface area contributed by atoms with E-state index < -0.39 is 17.9 Å². The molecule has 11 heteroatoms. The van der Waals surface area contributed by atoms with Crippen molar-refractivity contribution in [1.82, 2.24) is 25.8 Å². The summed E-state index contributed by atoms with van der Waals surface area (Å²) in [6.07, 6.45) is 4.46. The molecule has 0 aromatic carbocycles. The first kappa shape index (κ1) is 26.5. The van der Waals surface area contributed by atoms with Gasteiger partial charge in [-0.05, 0) is 57.8 Å². The van der Waals surface area contributed by atoms with Gasteiger partial charge in [0.05, 0.1) is 10.7 Å². The van der Waals surface area contributed by atoms with Gasteiger partial charge < -0.3 is 30.7 Å². The van der Waals surface area contributed by atoms with E-state index in [9.17, 15) is 19.5 Å². The number of thiazole rings is 1. The van der Waals surface area contributed by atoms with Crippen molar-refractivity contribution in [2.45, 2.75) is 63.5 Å². The first-order valence-electron chi connectivity index (χ1n) is 12.0. The van der Waals surface area contributed by atoms with Crippen LogP contribution in [0.1, 0.15) is 71.7 Å². The number of nitrogens with one attached hydrogen (secondary N) is 3. The van der Waals surface area contributed by atoms with Gasteiger partial charge >= 0.3 is 5.97 Å². The lowest BCUT2D eigenvalue weighted by Crippen LogP contribution is -2.49. The lowest BCUT2D eigenvalue weighted by molar-refractivity contribution is -0.142. The highest BCUT2D eigenvalue weighted by molar-refractivity contribution is 7.13. The quantitative estimate of drug-likeness (QED) is 0.380. The molecule has 4 N–H and O–H groups in total. The number of amides is 2. The SMILES string of the molecule is COCC(=O)NC(CNC(=O)c1sc(C2CCN(C3CCNCC3)CC2)nc1C(C)C)C(=O)O. The fourth-order valence-corrected chi connectivity index (χ4v) is 5.91. The Morgan fingerprint density at radius 1 is 1.21 bits per heavy atom. The van der Waals surface area contributed by atoms with Gasteiger partial charge in [0.25, 0.3) is 5.91 Å². The summed E-state index contributed by atoms with van der Waals surface area (Å²) >= 11 is 1.41. The predicted molar refractivity (Wildman–Crippen MR) is 129 cm³/mol. The van der Waals surface area contributed by atoms with Crippen molar-refractivity contribution >= 4 is 29.1 Å². The molecule has 3 heterocycles. The van der Waals surface area contributed by atoms with Crippen LogP contribution in [0.2, 0.25) is 0 Å². The Labute approximate surface area is 204 Å². The highest BCUT2D eigenvalue weighted by Gasteiger charge is 2.30. The molecule has 2 aliphatic rings. The number of nitrogens with zero attached hydrogens (tertiary/aromatic N) is 2. The molecule has 1 aromatic rings. The van der Waals surface area contributed by atoms with Crippen molar-refractivity contribution in [2.24, 2.45) is 0 Å². The Bertz CT molecular complexity index is 847. The van der Waals surface area contributed by atoms with Crippen LogP contribution in [0.3, 0.4) is 0 Å². The van der Waals surface area contributed by atoms with Crippen LogP contribution in [-0.2, 0) is 14.3 Å². The van der Waals surface area contributed by atoms with Crippen LogP contribution in [-0.4, -0.2) is 91.3 Å². The number of aromatic nitrogens is 1. The second kappa shape index (κ2) is 12.6. The normalized spacial score (nSPS) is 19.2. The van der Waals surface area contributed by atoms with Gasteiger partial charge in [0.2, 0.25) is 5.91 Å². The molecule has 0 bridgehead atoms. The van der Waals surface area contributed by atoms with E-state index >= 15 is 0 Å². The molecule has 0 saturated carbocycles. The molecule has 0 spiro atoms. The topological polar surface area (TPSA) is 133 Å². The van der Waals surface area contributed by atoms with Crippen LogP contribution < -0.4 is 16.0 Å². The largest absolute Gasteiger partial charge is 0.480 e. The van der Waals surface area contributed by atoms with Crippen molar-refractivity contribution in [1.29, 1.82) is 0 Å². The number of carboxylic acid groups (broad SMARTS) is 1. The molecule has 10 nitrogen and oxygen atoms in total. The average Bonchev–Trinajstić information content (AvgIpc) is 3.28. The standard InChI is InChI=1S/C23H37N5O5S/c1-14(2)19-20(21(30)25-12-17(23(31)32)26-18(29)13-33-3)34-22(27-19)15-6-10-28(11-7-15)16-4-8-24-9-5-16/h14-17,24H,4-13H2,1-3H3,(H,25,30)(H,26,29)(H,31,32). The number of carbonyl (C=O) groups excluding carboxylic acids is 2.